The predicted molar refractivity (Wildman–Crippen MR) is 80.1 cm³/mol. The van der Waals surface area contributed by atoms with Gasteiger partial charge in [-0.25, -0.2) is 4.98 Å². The van der Waals surface area contributed by atoms with Gasteiger partial charge in [-0.3, -0.25) is 4.79 Å². The first-order chi connectivity index (χ1) is 10.3. The van der Waals surface area contributed by atoms with Crippen LogP contribution in [0.2, 0.25) is 0 Å². The number of rotatable bonds is 4. The number of thiazole rings is 1. The summed E-state index contributed by atoms with van der Waals surface area (Å²) in [5, 5.41) is 14.7. The number of furan rings is 1. The van der Waals surface area contributed by atoms with E-state index in [0.717, 1.165) is 36.3 Å². The Balaban J connectivity index is 1.59. The summed E-state index contributed by atoms with van der Waals surface area (Å²) in [6, 6.07) is 2.02. The third-order valence-electron chi connectivity index (χ3n) is 3.95. The molecule has 0 spiro atoms. The molecule has 2 heterocycles. The summed E-state index contributed by atoms with van der Waals surface area (Å²) in [5.74, 6) is 0.276. The van der Waals surface area contributed by atoms with Gasteiger partial charge in [-0.2, -0.15) is 0 Å². The number of nitrogens with zero attached hydrogens (tertiary/aromatic N) is 1. The van der Waals surface area contributed by atoms with Crippen molar-refractivity contribution in [2.45, 2.75) is 31.7 Å². The van der Waals surface area contributed by atoms with Crippen LogP contribution in [-0.2, 0) is 0 Å². The van der Waals surface area contributed by atoms with Gasteiger partial charge >= 0.3 is 0 Å². The van der Waals surface area contributed by atoms with Gasteiger partial charge in [-0.05, 0) is 37.7 Å². The third kappa shape index (κ3) is 3.33. The highest BCUT2D eigenvalue weighted by Gasteiger charge is 2.23. The zero-order valence-electron chi connectivity index (χ0n) is 11.6. The Morgan fingerprint density at radius 2 is 2.24 bits per heavy atom. The summed E-state index contributed by atoms with van der Waals surface area (Å²) in [6.07, 6.45) is 7.01. The highest BCUT2D eigenvalue weighted by atomic mass is 32.1. The van der Waals surface area contributed by atoms with Crippen LogP contribution in [0, 0.1) is 5.92 Å². The molecule has 0 aliphatic heterocycles. The van der Waals surface area contributed by atoms with Crippen molar-refractivity contribution in [3.8, 4) is 10.6 Å². The predicted octanol–water partition coefficient (Wildman–Crippen LogP) is 2.68. The van der Waals surface area contributed by atoms with Crippen LogP contribution in [0.4, 0.5) is 0 Å². The van der Waals surface area contributed by atoms with E-state index in [1.165, 1.54) is 11.3 Å². The molecule has 2 aromatic rings. The molecule has 1 aliphatic rings. The SMILES string of the molecule is O=C(NC1CCC(CO)CC1)c1csc(-c2ccoc2)n1. The average molecular weight is 306 g/mol. The van der Waals surface area contributed by atoms with Gasteiger partial charge in [-0.1, -0.05) is 0 Å². The molecule has 0 radical (unpaired) electrons. The minimum atomic E-state index is -0.117. The lowest BCUT2D eigenvalue weighted by Gasteiger charge is -2.27. The fourth-order valence-electron chi connectivity index (χ4n) is 2.65. The summed E-state index contributed by atoms with van der Waals surface area (Å²) in [7, 11) is 0. The van der Waals surface area contributed by atoms with Crippen molar-refractivity contribution in [2.75, 3.05) is 6.61 Å². The maximum absolute atomic E-state index is 12.2. The second-order valence-electron chi connectivity index (χ2n) is 5.42. The molecule has 1 saturated carbocycles. The Morgan fingerprint density at radius 3 is 2.90 bits per heavy atom. The molecule has 1 amide bonds. The number of carbonyl (C=O) groups excluding carboxylic acids is 1. The van der Waals surface area contributed by atoms with Gasteiger partial charge in [0, 0.05) is 23.6 Å². The number of carbonyl (C=O) groups is 1. The third-order valence-corrected chi connectivity index (χ3v) is 4.84. The number of aromatic nitrogens is 1. The Bertz CT molecular complexity index is 586. The fourth-order valence-corrected chi connectivity index (χ4v) is 3.43. The second kappa shape index (κ2) is 6.41. The van der Waals surface area contributed by atoms with Crippen molar-refractivity contribution < 1.29 is 14.3 Å². The van der Waals surface area contributed by atoms with Crippen LogP contribution in [0.15, 0.2) is 28.4 Å². The van der Waals surface area contributed by atoms with E-state index < -0.39 is 0 Å². The van der Waals surface area contributed by atoms with Gasteiger partial charge in [0.2, 0.25) is 0 Å². The van der Waals surface area contributed by atoms with E-state index in [4.69, 9.17) is 9.52 Å². The number of aliphatic hydroxyl groups excluding tert-OH is 1. The number of nitrogens with one attached hydrogen (secondary N) is 1. The molecule has 1 aliphatic carbocycles. The Hall–Kier alpha value is -1.66. The molecule has 0 aromatic carbocycles. The van der Waals surface area contributed by atoms with Crippen molar-refractivity contribution in [3.63, 3.8) is 0 Å². The highest BCUT2D eigenvalue weighted by molar-refractivity contribution is 7.13. The first-order valence-corrected chi connectivity index (χ1v) is 8.04. The molecule has 3 rings (SSSR count). The summed E-state index contributed by atoms with van der Waals surface area (Å²) < 4.78 is 5.03. The van der Waals surface area contributed by atoms with Gasteiger partial charge in [0.05, 0.1) is 6.26 Å². The number of hydrogen-bond donors (Lipinski definition) is 2. The Labute approximate surface area is 127 Å². The van der Waals surface area contributed by atoms with Crippen LogP contribution in [0.3, 0.4) is 0 Å². The van der Waals surface area contributed by atoms with Gasteiger partial charge < -0.3 is 14.8 Å². The molecule has 2 N–H and O–H groups in total. The number of aliphatic hydroxyl groups is 1. The minimum absolute atomic E-state index is 0.117. The van der Waals surface area contributed by atoms with E-state index in [-0.39, 0.29) is 18.6 Å². The largest absolute Gasteiger partial charge is 0.472 e. The van der Waals surface area contributed by atoms with Crippen molar-refractivity contribution in [2.24, 2.45) is 5.92 Å². The average Bonchev–Trinajstić information content (AvgIpc) is 3.19. The topological polar surface area (TPSA) is 75.4 Å². The van der Waals surface area contributed by atoms with Gasteiger partial charge in [0.1, 0.15) is 17.0 Å². The molecule has 2 aromatic heterocycles. The zero-order chi connectivity index (χ0) is 14.7. The first-order valence-electron chi connectivity index (χ1n) is 7.16. The van der Waals surface area contributed by atoms with E-state index >= 15 is 0 Å². The normalized spacial score (nSPS) is 22.1. The van der Waals surface area contributed by atoms with Crippen molar-refractivity contribution in [1.29, 1.82) is 0 Å². The van der Waals surface area contributed by atoms with Crippen LogP contribution in [0.5, 0.6) is 0 Å². The molecule has 1 fully saturated rings. The van der Waals surface area contributed by atoms with Gasteiger partial charge in [0.15, 0.2) is 0 Å². The van der Waals surface area contributed by atoms with Crippen molar-refractivity contribution in [3.05, 3.63) is 29.7 Å². The lowest BCUT2D eigenvalue weighted by atomic mass is 9.86. The molecule has 0 saturated heterocycles. The molecule has 5 nitrogen and oxygen atoms in total. The minimum Gasteiger partial charge on any atom is -0.472 e. The molecule has 0 unspecified atom stereocenters. The van der Waals surface area contributed by atoms with Crippen molar-refractivity contribution in [1.82, 2.24) is 10.3 Å². The molecular formula is C15H18N2O3S. The monoisotopic (exact) mass is 306 g/mol. The summed E-state index contributed by atoms with van der Waals surface area (Å²) in [6.45, 7) is 0.251. The smallest absolute Gasteiger partial charge is 0.270 e. The summed E-state index contributed by atoms with van der Waals surface area (Å²) >= 11 is 1.44. The van der Waals surface area contributed by atoms with Crippen LogP contribution in [0.25, 0.3) is 10.6 Å². The molecule has 112 valence electrons. The van der Waals surface area contributed by atoms with Gasteiger partial charge in [0.25, 0.3) is 5.91 Å². The van der Waals surface area contributed by atoms with E-state index in [2.05, 4.69) is 10.3 Å². The van der Waals surface area contributed by atoms with E-state index in [9.17, 15) is 4.79 Å². The van der Waals surface area contributed by atoms with Gasteiger partial charge in [-0.15, -0.1) is 11.3 Å². The number of hydrogen-bond acceptors (Lipinski definition) is 5. The van der Waals surface area contributed by atoms with E-state index in [1.807, 2.05) is 6.07 Å². The molecular weight excluding hydrogens is 288 g/mol. The Morgan fingerprint density at radius 1 is 1.43 bits per heavy atom. The standard InChI is InChI=1S/C15H18N2O3S/c18-7-10-1-3-12(4-2-10)16-14(19)13-9-21-15(17-13)11-5-6-20-8-11/h5-6,8-10,12,18H,1-4,7H2,(H,16,19). The quantitative estimate of drug-likeness (QED) is 0.910. The maximum Gasteiger partial charge on any atom is 0.270 e. The van der Waals surface area contributed by atoms with E-state index in [0.29, 0.717) is 11.6 Å². The summed E-state index contributed by atoms with van der Waals surface area (Å²) in [4.78, 5) is 16.6. The van der Waals surface area contributed by atoms with Crippen LogP contribution >= 0.6 is 11.3 Å². The molecule has 6 heteroatoms. The second-order valence-corrected chi connectivity index (χ2v) is 6.28. The van der Waals surface area contributed by atoms with Crippen LogP contribution in [-0.4, -0.2) is 28.6 Å². The van der Waals surface area contributed by atoms with Crippen molar-refractivity contribution >= 4 is 17.2 Å². The summed E-state index contributed by atoms with van der Waals surface area (Å²) in [5.41, 5.74) is 1.35. The highest BCUT2D eigenvalue weighted by Crippen LogP contribution is 2.26. The lowest BCUT2D eigenvalue weighted by Crippen LogP contribution is -2.38. The molecule has 0 atom stereocenters. The van der Waals surface area contributed by atoms with Crippen LogP contribution < -0.4 is 5.32 Å². The first kappa shape index (κ1) is 14.3. The maximum atomic E-state index is 12.2. The zero-order valence-corrected chi connectivity index (χ0v) is 12.4. The van der Waals surface area contributed by atoms with E-state index in [1.54, 1.807) is 17.9 Å². The molecule has 0 bridgehead atoms. The lowest BCUT2D eigenvalue weighted by molar-refractivity contribution is 0.0909. The van der Waals surface area contributed by atoms with Crippen LogP contribution in [0.1, 0.15) is 36.2 Å². The number of amides is 1. The fraction of sp³-hybridized carbons (Fsp3) is 0.467. The Kier molecular flexibility index (Phi) is 4.36. The molecule has 21 heavy (non-hydrogen) atoms.